The number of amides is 1. The second-order valence-electron chi connectivity index (χ2n) is 7.08. The van der Waals surface area contributed by atoms with Gasteiger partial charge >= 0.3 is 0 Å². The van der Waals surface area contributed by atoms with Gasteiger partial charge < -0.3 is 14.5 Å². The van der Waals surface area contributed by atoms with Gasteiger partial charge in [-0.15, -0.1) is 0 Å². The number of rotatable bonds is 6. The maximum atomic E-state index is 12.5. The number of sulfone groups is 1. The highest BCUT2D eigenvalue weighted by Crippen LogP contribution is 2.31. The molecule has 2 aromatic carbocycles. The van der Waals surface area contributed by atoms with E-state index in [0.29, 0.717) is 26.2 Å². The van der Waals surface area contributed by atoms with Gasteiger partial charge in [0.1, 0.15) is 5.75 Å². The van der Waals surface area contributed by atoms with Crippen LogP contribution < -0.4 is 9.64 Å². The molecular formula is C21H23N3O4S2. The number of hydrogen-bond donors (Lipinski definition) is 0. The molecule has 30 heavy (non-hydrogen) atoms. The van der Waals surface area contributed by atoms with Crippen molar-refractivity contribution in [2.45, 2.75) is 11.3 Å². The minimum absolute atomic E-state index is 0.00183. The summed E-state index contributed by atoms with van der Waals surface area (Å²) in [7, 11) is -1.80. The molecule has 2 heterocycles. The zero-order chi connectivity index (χ0) is 21.1. The number of piperazine rings is 1. The number of fused-ring (bicyclic) bond motifs is 1. The fourth-order valence-electron chi connectivity index (χ4n) is 3.43. The van der Waals surface area contributed by atoms with Crippen molar-refractivity contribution in [2.24, 2.45) is 0 Å². The van der Waals surface area contributed by atoms with Crippen molar-refractivity contribution < 1.29 is 17.9 Å². The van der Waals surface area contributed by atoms with E-state index in [4.69, 9.17) is 9.72 Å². The first-order chi connectivity index (χ1) is 14.5. The molecule has 4 rings (SSSR count). The molecule has 0 spiro atoms. The summed E-state index contributed by atoms with van der Waals surface area (Å²) in [5, 5.41) is 0.928. The Bertz CT molecular complexity index is 1140. The quantitative estimate of drug-likeness (QED) is 0.581. The first kappa shape index (κ1) is 20.6. The number of methoxy groups -OCH3 is 1. The number of nitrogens with zero attached hydrogens (tertiary/aromatic N) is 3. The van der Waals surface area contributed by atoms with Gasteiger partial charge in [-0.2, -0.15) is 0 Å². The lowest BCUT2D eigenvalue weighted by Gasteiger charge is -2.34. The van der Waals surface area contributed by atoms with Gasteiger partial charge in [-0.05, 0) is 30.3 Å². The molecule has 9 heteroatoms. The van der Waals surface area contributed by atoms with E-state index in [9.17, 15) is 13.2 Å². The Labute approximate surface area is 179 Å². The van der Waals surface area contributed by atoms with Crippen molar-refractivity contribution in [2.75, 3.05) is 43.9 Å². The van der Waals surface area contributed by atoms with Crippen LogP contribution in [0.3, 0.4) is 0 Å². The van der Waals surface area contributed by atoms with Gasteiger partial charge in [0.15, 0.2) is 15.0 Å². The van der Waals surface area contributed by atoms with Crippen LogP contribution in [0.2, 0.25) is 0 Å². The summed E-state index contributed by atoms with van der Waals surface area (Å²) >= 11 is 1.61. The molecule has 1 saturated heterocycles. The number of thiazole rings is 1. The third kappa shape index (κ3) is 4.41. The summed E-state index contributed by atoms with van der Waals surface area (Å²) < 4.78 is 31.1. The average Bonchev–Trinajstić information content (AvgIpc) is 3.21. The normalized spacial score (nSPS) is 14.8. The van der Waals surface area contributed by atoms with Crippen LogP contribution in [-0.4, -0.2) is 63.3 Å². The van der Waals surface area contributed by atoms with Crippen LogP contribution in [0.4, 0.5) is 5.13 Å². The Morgan fingerprint density at radius 1 is 1.10 bits per heavy atom. The van der Waals surface area contributed by atoms with E-state index in [0.717, 1.165) is 21.1 Å². The van der Waals surface area contributed by atoms with Gasteiger partial charge in [0.05, 0.1) is 28.0 Å². The molecule has 1 aliphatic heterocycles. The summed E-state index contributed by atoms with van der Waals surface area (Å²) in [5.41, 5.74) is 0.931. The molecule has 1 amide bonds. The lowest BCUT2D eigenvalue weighted by Crippen LogP contribution is -2.49. The lowest BCUT2D eigenvalue weighted by molar-refractivity contribution is -0.131. The van der Waals surface area contributed by atoms with E-state index in [1.54, 1.807) is 53.7 Å². The zero-order valence-corrected chi connectivity index (χ0v) is 18.3. The van der Waals surface area contributed by atoms with Crippen molar-refractivity contribution >= 4 is 42.4 Å². The summed E-state index contributed by atoms with van der Waals surface area (Å²) in [5.74, 6) is 0.511. The number of anilines is 1. The number of aromatic nitrogens is 1. The Morgan fingerprint density at radius 3 is 2.53 bits per heavy atom. The van der Waals surface area contributed by atoms with Crippen LogP contribution in [0, 0.1) is 0 Å². The Balaban J connectivity index is 1.33. The maximum absolute atomic E-state index is 12.5. The largest absolute Gasteiger partial charge is 0.497 e. The monoisotopic (exact) mass is 445 g/mol. The molecule has 0 atom stereocenters. The van der Waals surface area contributed by atoms with E-state index >= 15 is 0 Å². The fourth-order valence-corrected chi connectivity index (χ4v) is 5.72. The van der Waals surface area contributed by atoms with E-state index in [2.05, 4.69) is 4.90 Å². The molecule has 1 fully saturated rings. The third-order valence-corrected chi connectivity index (χ3v) is 7.99. The first-order valence-corrected chi connectivity index (χ1v) is 12.2. The summed E-state index contributed by atoms with van der Waals surface area (Å²) in [6.45, 7) is 2.47. The predicted molar refractivity (Wildman–Crippen MR) is 118 cm³/mol. The number of ether oxygens (including phenoxy) is 1. The molecule has 0 aliphatic carbocycles. The van der Waals surface area contributed by atoms with E-state index in [-0.39, 0.29) is 23.0 Å². The van der Waals surface area contributed by atoms with Crippen molar-refractivity contribution in [3.05, 3.63) is 48.5 Å². The molecule has 0 saturated carbocycles. The minimum Gasteiger partial charge on any atom is -0.497 e. The number of hydrogen-bond acceptors (Lipinski definition) is 7. The molecule has 1 aromatic heterocycles. The molecule has 1 aliphatic rings. The van der Waals surface area contributed by atoms with Gasteiger partial charge in [0.2, 0.25) is 5.91 Å². The summed E-state index contributed by atoms with van der Waals surface area (Å²) in [4.78, 5) is 21.4. The predicted octanol–water partition coefficient (Wildman–Crippen LogP) is 2.82. The van der Waals surface area contributed by atoms with E-state index < -0.39 is 9.84 Å². The van der Waals surface area contributed by atoms with E-state index in [1.807, 2.05) is 18.2 Å². The van der Waals surface area contributed by atoms with Crippen LogP contribution in [0.15, 0.2) is 53.4 Å². The average molecular weight is 446 g/mol. The minimum atomic E-state index is -3.44. The summed E-state index contributed by atoms with van der Waals surface area (Å²) in [6, 6.07) is 14.1. The molecule has 0 radical (unpaired) electrons. The molecule has 158 valence electrons. The second kappa shape index (κ2) is 8.61. The van der Waals surface area contributed by atoms with Gasteiger partial charge in [-0.3, -0.25) is 4.79 Å². The van der Waals surface area contributed by atoms with Crippen LogP contribution in [0.1, 0.15) is 6.42 Å². The van der Waals surface area contributed by atoms with Crippen molar-refractivity contribution in [1.82, 2.24) is 9.88 Å². The first-order valence-electron chi connectivity index (χ1n) is 9.71. The Morgan fingerprint density at radius 2 is 1.83 bits per heavy atom. The molecule has 3 aromatic rings. The van der Waals surface area contributed by atoms with Gasteiger partial charge in [-0.1, -0.05) is 29.5 Å². The lowest BCUT2D eigenvalue weighted by atomic mass is 10.3. The highest BCUT2D eigenvalue weighted by molar-refractivity contribution is 7.91. The SMILES string of the molecule is COc1ccc2nc(N3CCN(C(=O)CCS(=O)(=O)c4ccccc4)CC3)sc2c1. The topological polar surface area (TPSA) is 79.8 Å². The van der Waals surface area contributed by atoms with Crippen LogP contribution in [0.25, 0.3) is 10.2 Å². The smallest absolute Gasteiger partial charge is 0.223 e. The molecule has 0 bridgehead atoms. The second-order valence-corrected chi connectivity index (χ2v) is 10.2. The molecule has 0 unspecified atom stereocenters. The number of carbonyl (C=O) groups is 1. The zero-order valence-electron chi connectivity index (χ0n) is 16.7. The van der Waals surface area contributed by atoms with Gasteiger partial charge in [0, 0.05) is 32.6 Å². The van der Waals surface area contributed by atoms with Gasteiger partial charge in [0.25, 0.3) is 0 Å². The molecule has 7 nitrogen and oxygen atoms in total. The Kier molecular flexibility index (Phi) is 5.92. The number of carbonyl (C=O) groups excluding carboxylic acids is 1. The molecule has 0 N–H and O–H groups in total. The van der Waals surface area contributed by atoms with Crippen molar-refractivity contribution in [1.29, 1.82) is 0 Å². The highest BCUT2D eigenvalue weighted by Gasteiger charge is 2.25. The van der Waals surface area contributed by atoms with E-state index in [1.165, 1.54) is 0 Å². The Hall–Kier alpha value is -2.65. The van der Waals surface area contributed by atoms with Crippen LogP contribution in [-0.2, 0) is 14.6 Å². The standard InChI is InChI=1S/C21H23N3O4S2/c1-28-16-7-8-18-19(15-16)29-21(22-18)24-12-10-23(11-13-24)20(25)9-14-30(26,27)17-5-3-2-4-6-17/h2-8,15H,9-14H2,1H3. The third-order valence-electron chi connectivity index (χ3n) is 5.17. The van der Waals surface area contributed by atoms with Crippen molar-refractivity contribution in [3.8, 4) is 5.75 Å². The van der Waals surface area contributed by atoms with Crippen LogP contribution >= 0.6 is 11.3 Å². The highest BCUT2D eigenvalue weighted by atomic mass is 32.2. The summed E-state index contributed by atoms with van der Waals surface area (Å²) in [6.07, 6.45) is -0.00183. The molecular weight excluding hydrogens is 422 g/mol. The van der Waals surface area contributed by atoms with Gasteiger partial charge in [-0.25, -0.2) is 13.4 Å². The van der Waals surface area contributed by atoms with Crippen molar-refractivity contribution in [3.63, 3.8) is 0 Å². The van der Waals surface area contributed by atoms with Crippen LogP contribution in [0.5, 0.6) is 5.75 Å². The number of benzene rings is 2. The maximum Gasteiger partial charge on any atom is 0.223 e. The fraction of sp³-hybridized carbons (Fsp3) is 0.333.